The number of hydrogen-bond acceptors (Lipinski definition) is 2. The van der Waals surface area contributed by atoms with Crippen LogP contribution in [-0.2, 0) is 11.3 Å². The van der Waals surface area contributed by atoms with Gasteiger partial charge in [0, 0.05) is 31.8 Å². The topological polar surface area (TPSA) is 49.4 Å². The zero-order valence-electron chi connectivity index (χ0n) is 14.1. The van der Waals surface area contributed by atoms with Crippen LogP contribution in [0.5, 0.6) is 0 Å². The summed E-state index contributed by atoms with van der Waals surface area (Å²) in [6.45, 7) is 9.13. The smallest absolute Gasteiger partial charge is 0.253 e. The quantitative estimate of drug-likeness (QED) is 0.821. The molecule has 4 heteroatoms. The van der Waals surface area contributed by atoms with Gasteiger partial charge in [-0.15, -0.1) is 0 Å². The Hall–Kier alpha value is -2.10. The summed E-state index contributed by atoms with van der Waals surface area (Å²) in [5, 5.41) is 2.82. The van der Waals surface area contributed by atoms with Crippen LogP contribution in [0.15, 0.2) is 35.9 Å². The van der Waals surface area contributed by atoms with E-state index in [0.29, 0.717) is 18.0 Å². The Balaban J connectivity index is 2.61. The van der Waals surface area contributed by atoms with Crippen LogP contribution in [0.4, 0.5) is 0 Å². The highest BCUT2D eigenvalue weighted by atomic mass is 16.2. The van der Waals surface area contributed by atoms with Gasteiger partial charge in [-0.05, 0) is 37.5 Å². The number of nitrogens with zero attached hydrogens (tertiary/aromatic N) is 1. The molecule has 0 heterocycles. The molecule has 0 fully saturated rings. The summed E-state index contributed by atoms with van der Waals surface area (Å²) < 4.78 is 0. The van der Waals surface area contributed by atoms with E-state index in [1.165, 1.54) is 0 Å². The van der Waals surface area contributed by atoms with Crippen LogP contribution in [0.1, 0.15) is 43.6 Å². The SMILES string of the molecule is CC(C)=CC(=O)NCc1ccc(C(=O)N(C)CC(C)C)cc1. The van der Waals surface area contributed by atoms with E-state index in [2.05, 4.69) is 19.2 Å². The lowest BCUT2D eigenvalue weighted by Crippen LogP contribution is -2.30. The number of carbonyl (C=O) groups excluding carboxylic acids is 2. The molecule has 2 amide bonds. The summed E-state index contributed by atoms with van der Waals surface area (Å²) >= 11 is 0. The standard InChI is InChI=1S/C18H26N2O2/c1-13(2)10-17(21)19-11-15-6-8-16(9-7-15)18(22)20(5)12-14(3)4/h6-10,14H,11-12H2,1-5H3,(H,19,21). The first-order chi connectivity index (χ1) is 10.3. The lowest BCUT2D eigenvalue weighted by atomic mass is 10.1. The molecule has 0 radical (unpaired) electrons. The third kappa shape index (κ3) is 6.12. The van der Waals surface area contributed by atoms with Gasteiger partial charge in [-0.1, -0.05) is 31.6 Å². The molecule has 120 valence electrons. The third-order valence-electron chi connectivity index (χ3n) is 3.07. The lowest BCUT2D eigenvalue weighted by Gasteiger charge is -2.19. The van der Waals surface area contributed by atoms with Crippen molar-refractivity contribution in [3.63, 3.8) is 0 Å². The van der Waals surface area contributed by atoms with Gasteiger partial charge in [0.1, 0.15) is 0 Å². The first kappa shape index (κ1) is 18.0. The van der Waals surface area contributed by atoms with E-state index < -0.39 is 0 Å². The summed E-state index contributed by atoms with van der Waals surface area (Å²) in [4.78, 5) is 25.5. The van der Waals surface area contributed by atoms with Crippen molar-refractivity contribution in [2.75, 3.05) is 13.6 Å². The highest BCUT2D eigenvalue weighted by Gasteiger charge is 2.12. The predicted octanol–water partition coefficient (Wildman–Crippen LogP) is 3.00. The lowest BCUT2D eigenvalue weighted by molar-refractivity contribution is -0.116. The fourth-order valence-electron chi connectivity index (χ4n) is 2.12. The van der Waals surface area contributed by atoms with Gasteiger partial charge in [0.15, 0.2) is 0 Å². The van der Waals surface area contributed by atoms with Gasteiger partial charge in [0.25, 0.3) is 5.91 Å². The van der Waals surface area contributed by atoms with E-state index in [4.69, 9.17) is 0 Å². The van der Waals surface area contributed by atoms with Gasteiger partial charge in [0.05, 0.1) is 0 Å². The minimum Gasteiger partial charge on any atom is -0.348 e. The highest BCUT2D eigenvalue weighted by molar-refractivity contribution is 5.94. The predicted molar refractivity (Wildman–Crippen MR) is 89.5 cm³/mol. The molecule has 0 aliphatic rings. The van der Waals surface area contributed by atoms with E-state index in [1.807, 2.05) is 45.2 Å². The second-order valence-electron chi connectivity index (χ2n) is 6.22. The monoisotopic (exact) mass is 302 g/mol. The Morgan fingerprint density at radius 1 is 1.18 bits per heavy atom. The van der Waals surface area contributed by atoms with Crippen molar-refractivity contribution in [1.82, 2.24) is 10.2 Å². The van der Waals surface area contributed by atoms with Crippen LogP contribution < -0.4 is 5.32 Å². The average Bonchev–Trinajstić information content (AvgIpc) is 2.43. The van der Waals surface area contributed by atoms with E-state index in [9.17, 15) is 9.59 Å². The van der Waals surface area contributed by atoms with Crippen molar-refractivity contribution < 1.29 is 9.59 Å². The number of nitrogens with one attached hydrogen (secondary N) is 1. The second kappa shape index (κ2) is 8.37. The first-order valence-electron chi connectivity index (χ1n) is 7.56. The molecule has 1 aromatic carbocycles. The minimum atomic E-state index is -0.100. The number of hydrogen-bond donors (Lipinski definition) is 1. The third-order valence-corrected chi connectivity index (χ3v) is 3.07. The molecule has 0 aromatic heterocycles. The highest BCUT2D eigenvalue weighted by Crippen LogP contribution is 2.08. The Bertz CT molecular complexity index is 541. The molecule has 0 saturated heterocycles. The van der Waals surface area contributed by atoms with Gasteiger partial charge in [-0.3, -0.25) is 9.59 Å². The molecule has 0 spiro atoms. The molecule has 1 rings (SSSR count). The largest absolute Gasteiger partial charge is 0.348 e. The summed E-state index contributed by atoms with van der Waals surface area (Å²) in [5.41, 5.74) is 2.60. The van der Waals surface area contributed by atoms with E-state index in [-0.39, 0.29) is 11.8 Å². The van der Waals surface area contributed by atoms with E-state index in [0.717, 1.165) is 17.7 Å². The summed E-state index contributed by atoms with van der Waals surface area (Å²) in [6.07, 6.45) is 1.57. The van der Waals surface area contributed by atoms with Crippen LogP contribution >= 0.6 is 0 Å². The van der Waals surface area contributed by atoms with Crippen molar-refractivity contribution in [3.05, 3.63) is 47.0 Å². The van der Waals surface area contributed by atoms with Gasteiger partial charge < -0.3 is 10.2 Å². The fourth-order valence-corrected chi connectivity index (χ4v) is 2.12. The zero-order chi connectivity index (χ0) is 16.7. The second-order valence-corrected chi connectivity index (χ2v) is 6.22. The van der Waals surface area contributed by atoms with Crippen LogP contribution in [-0.4, -0.2) is 30.3 Å². The normalized spacial score (nSPS) is 10.3. The Morgan fingerprint density at radius 3 is 2.27 bits per heavy atom. The number of amides is 2. The van der Waals surface area contributed by atoms with Gasteiger partial charge in [-0.2, -0.15) is 0 Å². The first-order valence-corrected chi connectivity index (χ1v) is 7.56. The summed E-state index contributed by atoms with van der Waals surface area (Å²) in [7, 11) is 1.82. The molecule has 0 unspecified atom stereocenters. The van der Waals surface area contributed by atoms with Crippen LogP contribution in [0.3, 0.4) is 0 Å². The van der Waals surface area contributed by atoms with Crippen molar-refractivity contribution in [2.24, 2.45) is 5.92 Å². The molecule has 1 aromatic rings. The molecule has 0 saturated carbocycles. The number of rotatable bonds is 6. The Labute approximate surface area is 133 Å². The van der Waals surface area contributed by atoms with Gasteiger partial charge in [0.2, 0.25) is 5.91 Å². The number of allylic oxidation sites excluding steroid dienone is 1. The molecule has 0 bridgehead atoms. The molecular formula is C18H26N2O2. The minimum absolute atomic E-state index is 0.0221. The number of benzene rings is 1. The van der Waals surface area contributed by atoms with E-state index >= 15 is 0 Å². The maximum Gasteiger partial charge on any atom is 0.253 e. The van der Waals surface area contributed by atoms with Crippen molar-refractivity contribution >= 4 is 11.8 Å². The van der Waals surface area contributed by atoms with E-state index in [1.54, 1.807) is 11.0 Å². The van der Waals surface area contributed by atoms with Crippen molar-refractivity contribution in [3.8, 4) is 0 Å². The molecule has 0 aliphatic heterocycles. The zero-order valence-corrected chi connectivity index (χ0v) is 14.1. The van der Waals surface area contributed by atoms with Crippen molar-refractivity contribution in [2.45, 2.75) is 34.2 Å². The molecular weight excluding hydrogens is 276 g/mol. The molecule has 22 heavy (non-hydrogen) atoms. The average molecular weight is 302 g/mol. The Morgan fingerprint density at radius 2 is 1.77 bits per heavy atom. The van der Waals surface area contributed by atoms with Crippen LogP contribution in [0.2, 0.25) is 0 Å². The summed E-state index contributed by atoms with van der Waals surface area (Å²) in [5.74, 6) is 0.365. The molecule has 0 atom stereocenters. The van der Waals surface area contributed by atoms with Gasteiger partial charge >= 0.3 is 0 Å². The van der Waals surface area contributed by atoms with Crippen LogP contribution in [0, 0.1) is 5.92 Å². The maximum absolute atomic E-state index is 12.2. The molecule has 1 N–H and O–H groups in total. The van der Waals surface area contributed by atoms with Gasteiger partial charge in [-0.25, -0.2) is 0 Å². The summed E-state index contributed by atoms with van der Waals surface area (Å²) in [6, 6.07) is 7.36. The molecule has 4 nitrogen and oxygen atoms in total. The van der Waals surface area contributed by atoms with Crippen molar-refractivity contribution in [1.29, 1.82) is 0 Å². The maximum atomic E-state index is 12.2. The molecule has 0 aliphatic carbocycles. The Kier molecular flexibility index (Phi) is 6.83. The fraction of sp³-hybridized carbons (Fsp3) is 0.444. The number of carbonyl (C=O) groups is 2. The van der Waals surface area contributed by atoms with Crippen LogP contribution in [0.25, 0.3) is 0 Å².